The highest BCUT2D eigenvalue weighted by Gasteiger charge is 2.08. The smallest absolute Gasteiger partial charge is 0.271 e. The predicted molar refractivity (Wildman–Crippen MR) is 45.9 cm³/mol. The Labute approximate surface area is 79.1 Å². The third kappa shape index (κ3) is 1.38. The van der Waals surface area contributed by atoms with Gasteiger partial charge in [-0.25, -0.2) is 0 Å². The molecule has 2 rings (SSSR count). The van der Waals surface area contributed by atoms with E-state index in [2.05, 4.69) is 19.7 Å². The molecule has 0 aromatic carbocycles. The molecular formula is C4HIN4OS. The lowest BCUT2D eigenvalue weighted by Gasteiger charge is -1.77. The molecule has 0 fully saturated rings. The number of halogens is 1. The van der Waals surface area contributed by atoms with Crippen molar-refractivity contribution < 1.29 is 4.52 Å². The molecule has 56 valence electrons. The third-order valence-corrected chi connectivity index (χ3v) is 2.06. The zero-order valence-corrected chi connectivity index (χ0v) is 8.03. The summed E-state index contributed by atoms with van der Waals surface area (Å²) < 4.78 is 9.13. The van der Waals surface area contributed by atoms with Gasteiger partial charge < -0.3 is 4.52 Å². The van der Waals surface area contributed by atoms with E-state index in [9.17, 15) is 0 Å². The van der Waals surface area contributed by atoms with Gasteiger partial charge in [-0.15, -0.1) is 5.10 Å². The van der Waals surface area contributed by atoms with Crippen molar-refractivity contribution in [3.8, 4) is 10.8 Å². The summed E-state index contributed by atoms with van der Waals surface area (Å²) in [7, 11) is 0. The molecule has 0 spiro atoms. The van der Waals surface area contributed by atoms with E-state index >= 15 is 0 Å². The van der Waals surface area contributed by atoms with Crippen molar-refractivity contribution in [3.05, 3.63) is 10.0 Å². The van der Waals surface area contributed by atoms with Gasteiger partial charge in [0.25, 0.3) is 5.89 Å². The van der Waals surface area contributed by atoms with E-state index in [-0.39, 0.29) is 0 Å². The van der Waals surface area contributed by atoms with Crippen molar-refractivity contribution in [2.24, 2.45) is 0 Å². The number of rotatable bonds is 1. The SMILES string of the molecule is Ic1noc(-c2cnns2)n1. The van der Waals surface area contributed by atoms with E-state index in [1.807, 2.05) is 22.6 Å². The van der Waals surface area contributed by atoms with Gasteiger partial charge in [0.2, 0.25) is 3.83 Å². The number of hydrogen-bond acceptors (Lipinski definition) is 6. The number of nitrogens with zero attached hydrogens (tertiary/aromatic N) is 4. The molecule has 5 nitrogen and oxygen atoms in total. The summed E-state index contributed by atoms with van der Waals surface area (Å²) in [6.45, 7) is 0. The average Bonchev–Trinajstić information content (AvgIpc) is 2.55. The van der Waals surface area contributed by atoms with Crippen LogP contribution < -0.4 is 0 Å². The zero-order valence-electron chi connectivity index (χ0n) is 5.06. The Balaban J connectivity index is 2.45. The summed E-state index contributed by atoms with van der Waals surface area (Å²) in [6, 6.07) is 0. The van der Waals surface area contributed by atoms with Gasteiger partial charge in [0.05, 0.1) is 6.20 Å². The maximum atomic E-state index is 4.87. The molecule has 0 unspecified atom stereocenters. The van der Waals surface area contributed by atoms with E-state index in [1.54, 1.807) is 6.20 Å². The summed E-state index contributed by atoms with van der Waals surface area (Å²) in [6.07, 6.45) is 1.59. The minimum Gasteiger partial charge on any atom is -0.332 e. The number of hydrogen-bond donors (Lipinski definition) is 0. The molecule has 7 heteroatoms. The Morgan fingerprint density at radius 1 is 1.55 bits per heavy atom. The van der Waals surface area contributed by atoms with Crippen LogP contribution in [-0.4, -0.2) is 19.7 Å². The van der Waals surface area contributed by atoms with E-state index < -0.39 is 0 Å². The van der Waals surface area contributed by atoms with E-state index in [0.717, 1.165) is 4.88 Å². The minimum absolute atomic E-state index is 0.476. The van der Waals surface area contributed by atoms with Crippen LogP contribution in [0.3, 0.4) is 0 Å². The van der Waals surface area contributed by atoms with Crippen LogP contribution >= 0.6 is 34.1 Å². The molecule has 2 aromatic rings. The van der Waals surface area contributed by atoms with Gasteiger partial charge in [0.15, 0.2) is 0 Å². The molecule has 0 aliphatic rings. The minimum atomic E-state index is 0.476. The molecule has 2 heterocycles. The molecule has 0 aliphatic heterocycles. The fourth-order valence-corrected chi connectivity index (χ4v) is 1.32. The molecular weight excluding hydrogens is 279 g/mol. The van der Waals surface area contributed by atoms with Gasteiger partial charge in [0.1, 0.15) is 4.88 Å². The van der Waals surface area contributed by atoms with E-state index in [0.29, 0.717) is 9.72 Å². The van der Waals surface area contributed by atoms with E-state index in [1.165, 1.54) is 11.5 Å². The van der Waals surface area contributed by atoms with Gasteiger partial charge in [-0.05, 0) is 11.5 Å². The summed E-state index contributed by atoms with van der Waals surface area (Å²) in [5.74, 6) is 0.476. The standard InChI is InChI=1S/C4HIN4OS/c5-4-7-3(10-8-4)2-1-6-9-11-2/h1H. The van der Waals surface area contributed by atoms with Gasteiger partial charge in [-0.1, -0.05) is 9.64 Å². The topological polar surface area (TPSA) is 64.7 Å². The molecule has 0 aliphatic carbocycles. The van der Waals surface area contributed by atoms with Crippen LogP contribution in [0.5, 0.6) is 0 Å². The number of aromatic nitrogens is 4. The summed E-state index contributed by atoms with van der Waals surface area (Å²) in [5, 5.41) is 7.27. The van der Waals surface area contributed by atoms with Crippen LogP contribution in [0.4, 0.5) is 0 Å². The highest BCUT2D eigenvalue weighted by atomic mass is 127. The molecule has 2 aromatic heterocycles. The summed E-state index contributed by atoms with van der Waals surface area (Å²) >= 11 is 3.20. The first-order valence-corrected chi connectivity index (χ1v) is 4.48. The van der Waals surface area contributed by atoms with Crippen molar-refractivity contribution in [3.63, 3.8) is 0 Å². The maximum Gasteiger partial charge on any atom is 0.271 e. The first-order valence-electron chi connectivity index (χ1n) is 2.63. The second-order valence-corrected chi connectivity index (χ2v) is 3.40. The van der Waals surface area contributed by atoms with Crippen LogP contribution in [0, 0.1) is 3.83 Å². The fraction of sp³-hybridized carbons (Fsp3) is 0. The van der Waals surface area contributed by atoms with Crippen molar-refractivity contribution >= 4 is 34.1 Å². The second-order valence-electron chi connectivity index (χ2n) is 1.65. The highest BCUT2D eigenvalue weighted by molar-refractivity contribution is 14.1. The predicted octanol–water partition coefficient (Wildman–Crippen LogP) is 1.19. The Hall–Kier alpha value is -0.570. The summed E-state index contributed by atoms with van der Waals surface area (Å²) in [4.78, 5) is 4.78. The monoisotopic (exact) mass is 280 g/mol. The largest absolute Gasteiger partial charge is 0.332 e. The van der Waals surface area contributed by atoms with Gasteiger partial charge in [-0.3, -0.25) is 0 Å². The molecule has 0 saturated carbocycles. The molecule has 0 radical (unpaired) electrons. The fourth-order valence-electron chi connectivity index (χ4n) is 0.567. The average molecular weight is 280 g/mol. The molecule has 0 saturated heterocycles. The molecule has 0 N–H and O–H groups in total. The highest BCUT2D eigenvalue weighted by Crippen LogP contribution is 2.18. The maximum absolute atomic E-state index is 4.87. The van der Waals surface area contributed by atoms with Crippen LogP contribution in [0.2, 0.25) is 0 Å². The zero-order chi connectivity index (χ0) is 7.68. The third-order valence-electron chi connectivity index (χ3n) is 0.973. The van der Waals surface area contributed by atoms with Gasteiger partial charge in [0, 0.05) is 22.6 Å². The van der Waals surface area contributed by atoms with Crippen LogP contribution in [0.25, 0.3) is 10.8 Å². The lowest BCUT2D eigenvalue weighted by atomic mass is 10.6. The Morgan fingerprint density at radius 2 is 2.45 bits per heavy atom. The lowest BCUT2D eigenvalue weighted by Crippen LogP contribution is -1.71. The van der Waals surface area contributed by atoms with Crippen LogP contribution in [0.1, 0.15) is 0 Å². The molecule has 0 amide bonds. The van der Waals surface area contributed by atoms with Crippen LogP contribution in [0.15, 0.2) is 10.7 Å². The second kappa shape index (κ2) is 2.81. The van der Waals surface area contributed by atoms with Crippen molar-refractivity contribution in [2.45, 2.75) is 0 Å². The Kier molecular flexibility index (Phi) is 1.82. The Bertz CT molecular complexity index is 345. The first kappa shape index (κ1) is 7.10. The molecule has 11 heavy (non-hydrogen) atoms. The summed E-state index contributed by atoms with van der Waals surface area (Å²) in [5.41, 5.74) is 0. The quantitative estimate of drug-likeness (QED) is 0.734. The van der Waals surface area contributed by atoms with Crippen molar-refractivity contribution in [1.82, 2.24) is 19.7 Å². The normalized spacial score (nSPS) is 10.3. The van der Waals surface area contributed by atoms with Gasteiger partial charge in [-0.2, -0.15) is 4.98 Å². The van der Waals surface area contributed by atoms with Crippen LogP contribution in [-0.2, 0) is 0 Å². The molecule has 0 bridgehead atoms. The van der Waals surface area contributed by atoms with Gasteiger partial charge >= 0.3 is 0 Å². The Morgan fingerprint density at radius 3 is 3.00 bits per heavy atom. The first-order chi connectivity index (χ1) is 5.36. The lowest BCUT2D eigenvalue weighted by molar-refractivity contribution is 0.426. The van der Waals surface area contributed by atoms with E-state index in [4.69, 9.17) is 4.52 Å². The van der Waals surface area contributed by atoms with Crippen molar-refractivity contribution in [2.75, 3.05) is 0 Å². The molecule has 0 atom stereocenters. The van der Waals surface area contributed by atoms with Crippen molar-refractivity contribution in [1.29, 1.82) is 0 Å².